The molecule has 0 atom stereocenters. The topological polar surface area (TPSA) is 83.6 Å². The molecule has 4 N–H and O–H groups in total. The van der Waals surface area contributed by atoms with Gasteiger partial charge in [-0.2, -0.15) is 0 Å². The lowest BCUT2D eigenvalue weighted by Crippen LogP contribution is -2.04. The van der Waals surface area contributed by atoms with Crippen molar-refractivity contribution >= 4 is 0 Å². The second-order valence-electron chi connectivity index (χ2n) is 3.76. The molecule has 0 radical (unpaired) electrons. The highest BCUT2D eigenvalue weighted by molar-refractivity contribution is 5.05. The number of hydrogen-bond donors (Lipinski definition) is 2. The smallest absolute Gasteiger partial charge is 0.129 e. The van der Waals surface area contributed by atoms with Crippen LogP contribution in [0.1, 0.15) is 24.4 Å². The minimum Gasteiger partial charge on any atom is -0.461 e. The molecule has 0 aliphatic heterocycles. The SMILES string of the molecule is NCCCOCc1ccc(COCCCN)o1. The Labute approximate surface area is 102 Å². The third-order valence-corrected chi connectivity index (χ3v) is 2.19. The van der Waals surface area contributed by atoms with Crippen molar-refractivity contribution in [1.29, 1.82) is 0 Å². The Bertz CT molecular complexity index is 263. The van der Waals surface area contributed by atoms with Crippen LogP contribution >= 0.6 is 0 Å². The third kappa shape index (κ3) is 6.43. The number of furan rings is 1. The Morgan fingerprint density at radius 3 is 1.76 bits per heavy atom. The summed E-state index contributed by atoms with van der Waals surface area (Å²) in [6, 6.07) is 3.81. The highest BCUT2D eigenvalue weighted by Crippen LogP contribution is 2.10. The molecular weight excluding hydrogens is 220 g/mol. The minimum absolute atomic E-state index is 0.489. The van der Waals surface area contributed by atoms with Crippen LogP contribution in [0.25, 0.3) is 0 Å². The minimum atomic E-state index is 0.489. The van der Waals surface area contributed by atoms with E-state index in [4.69, 9.17) is 25.4 Å². The summed E-state index contributed by atoms with van der Waals surface area (Å²) in [5.41, 5.74) is 10.7. The molecular formula is C12H22N2O3. The van der Waals surface area contributed by atoms with Crippen molar-refractivity contribution in [3.8, 4) is 0 Å². The molecule has 0 aromatic carbocycles. The van der Waals surface area contributed by atoms with Gasteiger partial charge in [-0.3, -0.25) is 0 Å². The first-order valence-electron chi connectivity index (χ1n) is 6.00. The lowest BCUT2D eigenvalue weighted by Gasteiger charge is -2.01. The Morgan fingerprint density at radius 2 is 1.35 bits per heavy atom. The van der Waals surface area contributed by atoms with Crippen molar-refractivity contribution < 1.29 is 13.9 Å². The summed E-state index contributed by atoms with van der Waals surface area (Å²) < 4.78 is 16.3. The Hall–Kier alpha value is -0.880. The van der Waals surface area contributed by atoms with Gasteiger partial charge < -0.3 is 25.4 Å². The largest absolute Gasteiger partial charge is 0.461 e. The van der Waals surface area contributed by atoms with Crippen molar-refractivity contribution in [2.75, 3.05) is 26.3 Å². The molecule has 0 spiro atoms. The van der Waals surface area contributed by atoms with Crippen molar-refractivity contribution in [3.63, 3.8) is 0 Å². The molecule has 0 aliphatic rings. The highest BCUT2D eigenvalue weighted by atomic mass is 16.5. The summed E-state index contributed by atoms with van der Waals surface area (Å²) in [5.74, 6) is 1.64. The van der Waals surface area contributed by atoms with Crippen LogP contribution in [0.2, 0.25) is 0 Å². The van der Waals surface area contributed by atoms with Gasteiger partial charge in [0.25, 0.3) is 0 Å². The quantitative estimate of drug-likeness (QED) is 0.598. The molecule has 0 saturated carbocycles. The molecule has 98 valence electrons. The van der Waals surface area contributed by atoms with Crippen LogP contribution in [0, 0.1) is 0 Å². The van der Waals surface area contributed by atoms with Crippen LogP contribution in [0.4, 0.5) is 0 Å². The van der Waals surface area contributed by atoms with E-state index < -0.39 is 0 Å². The average Bonchev–Trinajstić information content (AvgIpc) is 2.78. The Morgan fingerprint density at radius 1 is 0.882 bits per heavy atom. The lowest BCUT2D eigenvalue weighted by atomic mass is 10.4. The number of nitrogens with two attached hydrogens (primary N) is 2. The molecule has 1 aromatic heterocycles. The maximum absolute atomic E-state index is 5.53. The molecule has 0 bridgehead atoms. The summed E-state index contributed by atoms with van der Waals surface area (Å²) >= 11 is 0. The molecule has 0 aliphatic carbocycles. The Balaban J connectivity index is 2.14. The van der Waals surface area contributed by atoms with Crippen molar-refractivity contribution in [2.45, 2.75) is 26.1 Å². The van der Waals surface area contributed by atoms with Crippen molar-refractivity contribution in [1.82, 2.24) is 0 Å². The zero-order valence-electron chi connectivity index (χ0n) is 10.2. The van der Waals surface area contributed by atoms with Crippen molar-refractivity contribution in [2.24, 2.45) is 11.5 Å². The fourth-order valence-corrected chi connectivity index (χ4v) is 1.29. The van der Waals surface area contributed by atoms with Gasteiger partial charge in [-0.05, 0) is 38.1 Å². The van der Waals surface area contributed by atoms with E-state index in [2.05, 4.69) is 0 Å². The van der Waals surface area contributed by atoms with E-state index in [1.807, 2.05) is 12.1 Å². The van der Waals surface area contributed by atoms with Gasteiger partial charge in [0, 0.05) is 13.2 Å². The summed E-state index contributed by atoms with van der Waals surface area (Å²) in [5, 5.41) is 0. The first kappa shape index (κ1) is 14.2. The zero-order chi connectivity index (χ0) is 12.3. The van der Waals surface area contributed by atoms with Gasteiger partial charge in [-0.1, -0.05) is 0 Å². The third-order valence-electron chi connectivity index (χ3n) is 2.19. The monoisotopic (exact) mass is 242 g/mol. The molecule has 5 heteroatoms. The normalized spacial score (nSPS) is 10.9. The molecule has 17 heavy (non-hydrogen) atoms. The van der Waals surface area contributed by atoms with Crippen LogP contribution in [0.15, 0.2) is 16.5 Å². The van der Waals surface area contributed by atoms with E-state index in [1.54, 1.807) is 0 Å². The second-order valence-corrected chi connectivity index (χ2v) is 3.76. The fraction of sp³-hybridized carbons (Fsp3) is 0.667. The number of hydrogen-bond acceptors (Lipinski definition) is 5. The molecule has 0 saturated heterocycles. The van der Waals surface area contributed by atoms with Crippen LogP contribution in [-0.4, -0.2) is 26.3 Å². The first-order valence-corrected chi connectivity index (χ1v) is 6.00. The van der Waals surface area contributed by atoms with Gasteiger partial charge in [0.1, 0.15) is 24.7 Å². The van der Waals surface area contributed by atoms with E-state index in [0.29, 0.717) is 39.5 Å². The Kier molecular flexibility index (Phi) is 7.66. The van der Waals surface area contributed by atoms with Crippen LogP contribution in [-0.2, 0) is 22.7 Å². The van der Waals surface area contributed by atoms with E-state index in [9.17, 15) is 0 Å². The lowest BCUT2D eigenvalue weighted by molar-refractivity contribution is 0.0889. The van der Waals surface area contributed by atoms with Gasteiger partial charge in [-0.25, -0.2) is 0 Å². The predicted octanol–water partition coefficient (Wildman–Crippen LogP) is 1.01. The molecule has 0 unspecified atom stereocenters. The average molecular weight is 242 g/mol. The summed E-state index contributed by atoms with van der Waals surface area (Å²) in [7, 11) is 0. The number of rotatable bonds is 10. The molecule has 5 nitrogen and oxygen atoms in total. The molecule has 1 heterocycles. The summed E-state index contributed by atoms with van der Waals surface area (Å²) in [6.45, 7) is 3.61. The first-order chi connectivity index (χ1) is 8.36. The van der Waals surface area contributed by atoms with E-state index >= 15 is 0 Å². The highest BCUT2D eigenvalue weighted by Gasteiger charge is 2.02. The van der Waals surface area contributed by atoms with E-state index in [-0.39, 0.29) is 0 Å². The van der Waals surface area contributed by atoms with Crippen LogP contribution in [0.5, 0.6) is 0 Å². The van der Waals surface area contributed by atoms with Gasteiger partial charge in [0.05, 0.1) is 0 Å². The maximum Gasteiger partial charge on any atom is 0.129 e. The maximum atomic E-state index is 5.53. The number of ether oxygens (including phenoxy) is 2. The molecule has 0 amide bonds. The van der Waals surface area contributed by atoms with E-state index in [0.717, 1.165) is 24.4 Å². The zero-order valence-corrected chi connectivity index (χ0v) is 10.2. The molecule has 0 fully saturated rings. The molecule has 1 aromatic rings. The van der Waals surface area contributed by atoms with Gasteiger partial charge in [0.2, 0.25) is 0 Å². The van der Waals surface area contributed by atoms with Crippen molar-refractivity contribution in [3.05, 3.63) is 23.7 Å². The summed E-state index contributed by atoms with van der Waals surface area (Å²) in [6.07, 6.45) is 1.74. The second kappa shape index (κ2) is 9.18. The predicted molar refractivity (Wildman–Crippen MR) is 65.4 cm³/mol. The standard InChI is InChI=1S/C12H22N2O3/c13-5-1-7-15-9-11-3-4-12(17-11)10-16-8-2-6-14/h3-4H,1-2,5-10,13-14H2. The van der Waals surface area contributed by atoms with Crippen LogP contribution < -0.4 is 11.5 Å². The summed E-state index contributed by atoms with van der Waals surface area (Å²) in [4.78, 5) is 0. The van der Waals surface area contributed by atoms with E-state index in [1.165, 1.54) is 0 Å². The van der Waals surface area contributed by atoms with Gasteiger partial charge >= 0.3 is 0 Å². The van der Waals surface area contributed by atoms with Gasteiger partial charge in [-0.15, -0.1) is 0 Å². The van der Waals surface area contributed by atoms with Crippen LogP contribution in [0.3, 0.4) is 0 Å². The molecule has 1 rings (SSSR count). The fourth-order valence-electron chi connectivity index (χ4n) is 1.29. The van der Waals surface area contributed by atoms with Gasteiger partial charge in [0.15, 0.2) is 0 Å².